The van der Waals surface area contributed by atoms with Crippen LogP contribution in [-0.4, -0.2) is 94.5 Å². The molecule has 3 aromatic rings. The molecule has 2 aliphatic heterocycles. The van der Waals surface area contributed by atoms with Gasteiger partial charge in [-0.25, -0.2) is 23.4 Å². The third kappa shape index (κ3) is 7.17. The van der Waals surface area contributed by atoms with Crippen LogP contribution in [-0.2, 0) is 16.0 Å². The lowest BCUT2D eigenvalue weighted by Gasteiger charge is -2.55. The van der Waals surface area contributed by atoms with Gasteiger partial charge in [0.25, 0.3) is 5.56 Å². The molecule has 1 spiro atoms. The van der Waals surface area contributed by atoms with Gasteiger partial charge in [-0.05, 0) is 70.4 Å². The smallest absolute Gasteiger partial charge is 0.410 e. The van der Waals surface area contributed by atoms with Gasteiger partial charge in [-0.1, -0.05) is 25.0 Å². The lowest BCUT2D eigenvalue weighted by atomic mass is 9.65. The zero-order chi connectivity index (χ0) is 36.6. The SMILES string of the molecule is COc1ccccc1-c1cc(=O)n(C[C@]2(OC)CCN(C(=O)N3CCN(C(=O)OC(C)(C)C)C[C@H]3c3cc(F)ccc3F)CC23CCCC3)cn1. The molecule has 1 aliphatic carbocycles. The number of methoxy groups -OCH3 is 2. The van der Waals surface area contributed by atoms with E-state index in [2.05, 4.69) is 4.98 Å². The van der Waals surface area contributed by atoms with Gasteiger partial charge in [0.05, 0.1) is 37.3 Å². The van der Waals surface area contributed by atoms with Crippen molar-refractivity contribution in [2.24, 2.45) is 5.41 Å². The number of hydrogen-bond donors (Lipinski definition) is 0. The van der Waals surface area contributed by atoms with Crippen LogP contribution in [0.1, 0.15) is 64.5 Å². The van der Waals surface area contributed by atoms with Crippen molar-refractivity contribution in [2.45, 2.75) is 76.7 Å². The minimum atomic E-state index is -0.936. The average molecular weight is 708 g/mol. The molecule has 51 heavy (non-hydrogen) atoms. The maximum Gasteiger partial charge on any atom is 0.410 e. The molecular formula is C38H47F2N5O6. The van der Waals surface area contributed by atoms with Crippen molar-refractivity contribution in [3.63, 3.8) is 0 Å². The van der Waals surface area contributed by atoms with Gasteiger partial charge >= 0.3 is 12.1 Å². The highest BCUT2D eigenvalue weighted by molar-refractivity contribution is 5.76. The fourth-order valence-electron chi connectivity index (χ4n) is 8.17. The zero-order valence-corrected chi connectivity index (χ0v) is 30.0. The van der Waals surface area contributed by atoms with E-state index in [4.69, 9.17) is 14.2 Å². The van der Waals surface area contributed by atoms with Crippen LogP contribution in [0.2, 0.25) is 0 Å². The second kappa shape index (κ2) is 14.2. The van der Waals surface area contributed by atoms with Crippen molar-refractivity contribution >= 4 is 12.1 Å². The Bertz CT molecular complexity index is 1820. The van der Waals surface area contributed by atoms with E-state index in [0.717, 1.165) is 43.9 Å². The molecule has 11 nitrogen and oxygen atoms in total. The van der Waals surface area contributed by atoms with Crippen LogP contribution < -0.4 is 10.3 Å². The molecule has 3 fully saturated rings. The van der Waals surface area contributed by atoms with E-state index in [1.807, 2.05) is 24.3 Å². The Hall–Kier alpha value is -4.52. The summed E-state index contributed by atoms with van der Waals surface area (Å²) in [6.45, 7) is 6.45. The van der Waals surface area contributed by atoms with Crippen LogP contribution in [0.25, 0.3) is 11.3 Å². The quantitative estimate of drug-likeness (QED) is 0.298. The van der Waals surface area contributed by atoms with Crippen LogP contribution in [0, 0.1) is 17.0 Å². The van der Waals surface area contributed by atoms with Crippen molar-refractivity contribution in [2.75, 3.05) is 46.9 Å². The normalized spacial score (nSPS) is 21.9. The van der Waals surface area contributed by atoms with Crippen molar-refractivity contribution < 1.29 is 32.6 Å². The van der Waals surface area contributed by atoms with Crippen LogP contribution in [0.5, 0.6) is 5.75 Å². The lowest BCUT2D eigenvalue weighted by Crippen LogP contribution is -2.65. The Morgan fingerprint density at radius 2 is 1.71 bits per heavy atom. The molecule has 0 N–H and O–H groups in total. The summed E-state index contributed by atoms with van der Waals surface area (Å²) in [6.07, 6.45) is 4.89. The minimum absolute atomic E-state index is 0.00104. The summed E-state index contributed by atoms with van der Waals surface area (Å²) in [6, 6.07) is 10.8. The first-order valence-corrected chi connectivity index (χ1v) is 17.5. The van der Waals surface area contributed by atoms with E-state index in [1.165, 1.54) is 11.0 Å². The third-order valence-corrected chi connectivity index (χ3v) is 10.8. The first kappa shape index (κ1) is 36.3. The summed E-state index contributed by atoms with van der Waals surface area (Å²) in [5, 5.41) is 0. The molecule has 2 saturated heterocycles. The van der Waals surface area contributed by atoms with Gasteiger partial charge in [0.15, 0.2) is 0 Å². The van der Waals surface area contributed by atoms with Gasteiger partial charge in [-0.15, -0.1) is 0 Å². The maximum absolute atomic E-state index is 15.3. The summed E-state index contributed by atoms with van der Waals surface area (Å²) in [4.78, 5) is 50.5. The van der Waals surface area contributed by atoms with Gasteiger partial charge in [-0.3, -0.25) is 9.36 Å². The molecule has 0 unspecified atom stereocenters. The molecule has 3 aliphatic rings. The second-order valence-corrected chi connectivity index (χ2v) is 14.9. The highest BCUT2D eigenvalue weighted by Crippen LogP contribution is 2.53. The molecule has 6 rings (SSSR count). The standard InChI is InChI=1S/C38H47F2N5O6/c1-36(2,3)51-35(48)42-18-19-45(31(22-42)28-20-26(39)12-13-29(28)40)34(47)43-17-16-38(50-5,37(23-43)14-8-9-15-37)24-44-25-41-30(21-33(44)46)27-10-6-7-11-32(27)49-4/h6-7,10-13,20-21,25,31H,8-9,14-19,22-24H2,1-5H3/t31-,38+/m0/s1. The summed E-state index contributed by atoms with van der Waals surface area (Å²) in [7, 11) is 3.24. The third-order valence-electron chi connectivity index (χ3n) is 10.8. The highest BCUT2D eigenvalue weighted by Gasteiger charge is 2.57. The molecule has 3 amide bonds. The first-order valence-electron chi connectivity index (χ1n) is 17.5. The lowest BCUT2D eigenvalue weighted by molar-refractivity contribution is -0.159. The highest BCUT2D eigenvalue weighted by atomic mass is 19.1. The van der Waals surface area contributed by atoms with E-state index in [1.54, 1.807) is 55.7 Å². The van der Waals surface area contributed by atoms with E-state index in [0.29, 0.717) is 36.5 Å². The van der Waals surface area contributed by atoms with Gasteiger partial charge in [-0.2, -0.15) is 0 Å². The molecule has 0 radical (unpaired) electrons. The molecular weight excluding hydrogens is 660 g/mol. The number of carbonyl (C=O) groups is 2. The van der Waals surface area contributed by atoms with Gasteiger partial charge in [0.1, 0.15) is 23.0 Å². The number of urea groups is 1. The number of hydrogen-bond acceptors (Lipinski definition) is 7. The predicted octanol–water partition coefficient (Wildman–Crippen LogP) is 6.26. The number of aromatic nitrogens is 2. The number of carbonyl (C=O) groups excluding carboxylic acids is 2. The molecule has 2 atom stereocenters. The number of ether oxygens (including phenoxy) is 3. The molecule has 1 aromatic heterocycles. The Labute approximate surface area is 297 Å². The van der Waals surface area contributed by atoms with E-state index in [-0.39, 0.29) is 43.3 Å². The van der Waals surface area contributed by atoms with E-state index in [9.17, 15) is 18.8 Å². The number of amides is 3. The number of halogens is 2. The van der Waals surface area contributed by atoms with Gasteiger partial charge < -0.3 is 28.9 Å². The Kier molecular flexibility index (Phi) is 10.1. The predicted molar refractivity (Wildman–Crippen MR) is 186 cm³/mol. The minimum Gasteiger partial charge on any atom is -0.496 e. The molecule has 2 aromatic carbocycles. The largest absolute Gasteiger partial charge is 0.496 e. The van der Waals surface area contributed by atoms with Crippen LogP contribution in [0.15, 0.2) is 59.7 Å². The number of benzene rings is 2. The molecule has 1 saturated carbocycles. The van der Waals surface area contributed by atoms with Crippen molar-refractivity contribution in [3.05, 3.63) is 82.4 Å². The van der Waals surface area contributed by atoms with Crippen molar-refractivity contribution in [1.29, 1.82) is 0 Å². The van der Waals surface area contributed by atoms with E-state index >= 15 is 4.39 Å². The summed E-state index contributed by atoms with van der Waals surface area (Å²) in [5.74, 6) is -0.682. The average Bonchev–Trinajstić information content (AvgIpc) is 3.59. The second-order valence-electron chi connectivity index (χ2n) is 14.9. The van der Waals surface area contributed by atoms with E-state index < -0.39 is 40.4 Å². The van der Waals surface area contributed by atoms with Crippen LogP contribution >= 0.6 is 0 Å². The summed E-state index contributed by atoms with van der Waals surface area (Å²) in [5.41, 5.74) is -0.981. The number of piperidine rings is 1. The van der Waals surface area contributed by atoms with Crippen LogP contribution in [0.4, 0.5) is 18.4 Å². The summed E-state index contributed by atoms with van der Waals surface area (Å²) >= 11 is 0. The number of para-hydroxylation sites is 1. The monoisotopic (exact) mass is 707 g/mol. The fourth-order valence-corrected chi connectivity index (χ4v) is 8.17. The number of piperazine rings is 1. The Morgan fingerprint density at radius 3 is 2.39 bits per heavy atom. The van der Waals surface area contributed by atoms with Crippen LogP contribution in [0.3, 0.4) is 0 Å². The zero-order valence-electron chi connectivity index (χ0n) is 30.0. The Morgan fingerprint density at radius 1 is 0.961 bits per heavy atom. The number of likely N-dealkylation sites (tertiary alicyclic amines) is 1. The molecule has 0 bridgehead atoms. The number of rotatable bonds is 6. The molecule has 274 valence electrons. The number of nitrogens with zero attached hydrogens (tertiary/aromatic N) is 5. The molecule has 13 heteroatoms. The van der Waals surface area contributed by atoms with Gasteiger partial charge in [0.2, 0.25) is 0 Å². The Balaban J connectivity index is 1.26. The summed E-state index contributed by atoms with van der Waals surface area (Å²) < 4.78 is 48.8. The topological polar surface area (TPSA) is 106 Å². The van der Waals surface area contributed by atoms with Crippen molar-refractivity contribution in [3.8, 4) is 17.0 Å². The fraction of sp³-hybridized carbons (Fsp3) is 0.526. The first-order chi connectivity index (χ1) is 24.3. The maximum atomic E-state index is 15.3. The molecule has 3 heterocycles. The van der Waals surface area contributed by atoms with Gasteiger partial charge in [0, 0.05) is 62.4 Å². The van der Waals surface area contributed by atoms with Crippen molar-refractivity contribution in [1.82, 2.24) is 24.3 Å².